The number of aromatic nitrogens is 1. The molecule has 130 valence electrons. The predicted octanol–water partition coefficient (Wildman–Crippen LogP) is 2.60. The molecule has 0 aliphatic heterocycles. The van der Waals surface area contributed by atoms with E-state index in [1.807, 2.05) is 32.9 Å². The molecule has 0 aliphatic carbocycles. The van der Waals surface area contributed by atoms with E-state index in [2.05, 4.69) is 10.3 Å². The van der Waals surface area contributed by atoms with Gasteiger partial charge in [0.15, 0.2) is 0 Å². The van der Waals surface area contributed by atoms with E-state index >= 15 is 0 Å². The average molecular weight is 339 g/mol. The van der Waals surface area contributed by atoms with Crippen LogP contribution in [0.3, 0.4) is 0 Å². The molecule has 6 nitrogen and oxygen atoms in total. The van der Waals surface area contributed by atoms with Gasteiger partial charge in [-0.3, -0.25) is 9.59 Å². The van der Waals surface area contributed by atoms with Gasteiger partial charge in [0, 0.05) is 22.9 Å². The smallest absolute Gasteiger partial charge is 0.255 e. The summed E-state index contributed by atoms with van der Waals surface area (Å²) in [6.07, 6.45) is 1.54. The quantitative estimate of drug-likeness (QED) is 0.837. The molecule has 25 heavy (non-hydrogen) atoms. The van der Waals surface area contributed by atoms with Gasteiger partial charge in [0.1, 0.15) is 12.3 Å². The highest BCUT2D eigenvalue weighted by atomic mass is 16.5. The Morgan fingerprint density at radius 1 is 1.32 bits per heavy atom. The number of H-pyrrole nitrogens is 1. The van der Waals surface area contributed by atoms with Gasteiger partial charge in [-0.15, -0.1) is 0 Å². The Bertz CT molecular complexity index is 886. The van der Waals surface area contributed by atoms with Crippen molar-refractivity contribution >= 4 is 5.91 Å². The number of hydrogen-bond donors (Lipinski definition) is 2. The maximum atomic E-state index is 12.5. The number of aromatic amines is 1. The monoisotopic (exact) mass is 339 g/mol. The molecular formula is C19H21N3O3. The highest BCUT2D eigenvalue weighted by Crippen LogP contribution is 2.36. The first-order chi connectivity index (χ1) is 11.8. The lowest BCUT2D eigenvalue weighted by molar-refractivity contribution is 0.0958. The molecule has 6 heteroatoms. The molecule has 0 aliphatic rings. The molecule has 0 spiro atoms. The zero-order valence-electron chi connectivity index (χ0n) is 14.8. The van der Waals surface area contributed by atoms with Crippen LogP contribution in [0.25, 0.3) is 11.1 Å². The number of hydrogen-bond acceptors (Lipinski definition) is 4. The highest BCUT2D eigenvalue weighted by Gasteiger charge is 2.24. The Labute approximate surface area is 146 Å². The molecule has 1 heterocycles. The molecule has 1 aromatic carbocycles. The molecule has 0 fully saturated rings. The third-order valence-electron chi connectivity index (χ3n) is 3.83. The Hall–Kier alpha value is -3.07. The van der Waals surface area contributed by atoms with Crippen LogP contribution in [0.1, 0.15) is 36.7 Å². The van der Waals surface area contributed by atoms with Gasteiger partial charge in [-0.25, -0.2) is 0 Å². The Morgan fingerprint density at radius 3 is 2.60 bits per heavy atom. The summed E-state index contributed by atoms with van der Waals surface area (Å²) in [6, 6.07) is 8.67. The molecule has 2 N–H and O–H groups in total. The minimum atomic E-state index is -0.432. The lowest BCUT2D eigenvalue weighted by Crippen LogP contribution is -2.25. The first kappa shape index (κ1) is 18.3. The SMILES string of the molecule is COc1cc(C(=O)NCC#N)c(-c2ccc[nH]c2=O)cc1C(C)(C)C. The Balaban J connectivity index is 2.77. The molecule has 0 saturated heterocycles. The maximum absolute atomic E-state index is 12.5. The van der Waals surface area contributed by atoms with Crippen LogP contribution in [-0.2, 0) is 5.41 Å². The number of ether oxygens (including phenoxy) is 1. The molecule has 0 atom stereocenters. The summed E-state index contributed by atoms with van der Waals surface area (Å²) in [5.74, 6) is 0.129. The van der Waals surface area contributed by atoms with Crippen LogP contribution in [0.15, 0.2) is 35.3 Å². The number of benzene rings is 1. The number of nitriles is 1. The van der Waals surface area contributed by atoms with E-state index in [1.165, 1.54) is 13.3 Å². The van der Waals surface area contributed by atoms with Crippen LogP contribution in [-0.4, -0.2) is 24.5 Å². The Kier molecular flexibility index (Phi) is 5.28. The first-order valence-corrected chi connectivity index (χ1v) is 7.85. The van der Waals surface area contributed by atoms with Crippen LogP contribution in [0.4, 0.5) is 0 Å². The van der Waals surface area contributed by atoms with Crippen LogP contribution < -0.4 is 15.6 Å². The second kappa shape index (κ2) is 7.22. The zero-order valence-corrected chi connectivity index (χ0v) is 14.8. The van der Waals surface area contributed by atoms with Gasteiger partial charge in [-0.2, -0.15) is 5.26 Å². The zero-order chi connectivity index (χ0) is 18.6. The molecular weight excluding hydrogens is 318 g/mol. The summed E-state index contributed by atoms with van der Waals surface area (Å²) in [5.41, 5.74) is 1.52. The Morgan fingerprint density at radius 2 is 2.04 bits per heavy atom. The summed E-state index contributed by atoms with van der Waals surface area (Å²) in [5, 5.41) is 11.2. The van der Waals surface area contributed by atoms with Crippen molar-refractivity contribution in [3.05, 3.63) is 51.9 Å². The second-order valence-corrected chi connectivity index (χ2v) is 6.60. The van der Waals surface area contributed by atoms with Crippen molar-refractivity contribution in [1.29, 1.82) is 5.26 Å². The fourth-order valence-corrected chi connectivity index (χ4v) is 2.59. The largest absolute Gasteiger partial charge is 0.496 e. The number of methoxy groups -OCH3 is 1. The van der Waals surface area contributed by atoms with Crippen molar-refractivity contribution in [1.82, 2.24) is 10.3 Å². The van der Waals surface area contributed by atoms with Crippen LogP contribution in [0, 0.1) is 11.3 Å². The number of amides is 1. The maximum Gasteiger partial charge on any atom is 0.255 e. The summed E-state index contributed by atoms with van der Waals surface area (Å²) < 4.78 is 5.46. The van der Waals surface area contributed by atoms with Crippen molar-refractivity contribution < 1.29 is 9.53 Å². The first-order valence-electron chi connectivity index (χ1n) is 7.85. The van der Waals surface area contributed by atoms with Gasteiger partial charge in [-0.05, 0) is 29.7 Å². The molecule has 0 bridgehead atoms. The van der Waals surface area contributed by atoms with E-state index in [0.717, 1.165) is 5.56 Å². The molecule has 1 amide bonds. The van der Waals surface area contributed by atoms with Gasteiger partial charge < -0.3 is 15.0 Å². The minimum Gasteiger partial charge on any atom is -0.496 e. The van der Waals surface area contributed by atoms with Crippen molar-refractivity contribution in [2.24, 2.45) is 0 Å². The average Bonchev–Trinajstić information content (AvgIpc) is 2.58. The van der Waals surface area contributed by atoms with E-state index in [4.69, 9.17) is 10.00 Å². The number of nitrogens with one attached hydrogen (secondary N) is 2. The number of nitrogens with zero attached hydrogens (tertiary/aromatic N) is 1. The van der Waals surface area contributed by atoms with Crippen LogP contribution in [0.2, 0.25) is 0 Å². The summed E-state index contributed by atoms with van der Waals surface area (Å²) in [7, 11) is 1.54. The van der Waals surface area contributed by atoms with E-state index < -0.39 is 5.91 Å². The lowest BCUT2D eigenvalue weighted by atomic mass is 9.83. The van der Waals surface area contributed by atoms with Crippen molar-refractivity contribution in [2.45, 2.75) is 26.2 Å². The van der Waals surface area contributed by atoms with Gasteiger partial charge in [0.2, 0.25) is 0 Å². The minimum absolute atomic E-state index is 0.118. The third kappa shape index (κ3) is 3.89. The summed E-state index contributed by atoms with van der Waals surface area (Å²) >= 11 is 0. The molecule has 0 saturated carbocycles. The molecule has 2 rings (SSSR count). The van der Waals surface area contributed by atoms with Gasteiger partial charge >= 0.3 is 0 Å². The molecule has 2 aromatic rings. The summed E-state index contributed by atoms with van der Waals surface area (Å²) in [6.45, 7) is 5.96. The van der Waals surface area contributed by atoms with E-state index in [9.17, 15) is 9.59 Å². The fraction of sp³-hybridized carbons (Fsp3) is 0.316. The predicted molar refractivity (Wildman–Crippen MR) is 95.7 cm³/mol. The van der Waals surface area contributed by atoms with Crippen LogP contribution in [0.5, 0.6) is 5.75 Å². The van der Waals surface area contributed by atoms with Gasteiger partial charge in [0.05, 0.1) is 18.7 Å². The van der Waals surface area contributed by atoms with Gasteiger partial charge in [0.25, 0.3) is 11.5 Å². The van der Waals surface area contributed by atoms with Gasteiger partial charge in [-0.1, -0.05) is 20.8 Å². The third-order valence-corrected chi connectivity index (χ3v) is 3.83. The topological polar surface area (TPSA) is 95.0 Å². The van der Waals surface area contributed by atoms with E-state index in [1.54, 1.807) is 18.2 Å². The fourth-order valence-electron chi connectivity index (χ4n) is 2.59. The normalized spacial score (nSPS) is 10.8. The van der Waals surface area contributed by atoms with Crippen molar-refractivity contribution in [3.8, 4) is 22.9 Å². The van der Waals surface area contributed by atoms with E-state index in [0.29, 0.717) is 16.9 Å². The molecule has 1 aromatic heterocycles. The second-order valence-electron chi connectivity index (χ2n) is 6.60. The molecule has 0 unspecified atom stereocenters. The lowest BCUT2D eigenvalue weighted by Gasteiger charge is -2.24. The number of rotatable bonds is 4. The number of carbonyl (C=O) groups excluding carboxylic acids is 1. The van der Waals surface area contributed by atoms with Crippen LogP contribution >= 0.6 is 0 Å². The standard InChI is InChI=1S/C19H21N3O3/c1-19(2,3)15-10-13(12-6-5-8-21-17(12)23)14(11-16(15)25-4)18(24)22-9-7-20/h5-6,8,10-11H,9H2,1-4H3,(H,21,23)(H,22,24). The van der Waals surface area contributed by atoms with Crippen molar-refractivity contribution in [3.63, 3.8) is 0 Å². The highest BCUT2D eigenvalue weighted by molar-refractivity contribution is 6.01. The summed E-state index contributed by atoms with van der Waals surface area (Å²) in [4.78, 5) is 27.4. The van der Waals surface area contributed by atoms with Crippen molar-refractivity contribution in [2.75, 3.05) is 13.7 Å². The molecule has 0 radical (unpaired) electrons. The number of pyridine rings is 1. The van der Waals surface area contributed by atoms with E-state index in [-0.39, 0.29) is 23.1 Å². The number of carbonyl (C=O) groups is 1.